The van der Waals surface area contributed by atoms with E-state index in [2.05, 4.69) is 4.98 Å². The first-order valence-electron chi connectivity index (χ1n) is 8.03. The number of hydrogen-bond acceptors (Lipinski definition) is 4. The van der Waals surface area contributed by atoms with Gasteiger partial charge in [0, 0.05) is 25.1 Å². The zero-order valence-electron chi connectivity index (χ0n) is 13.8. The highest BCUT2D eigenvalue weighted by molar-refractivity contribution is 7.91. The average Bonchev–Trinajstić information content (AvgIpc) is 2.91. The predicted octanol–water partition coefficient (Wildman–Crippen LogP) is 1.25. The molecule has 134 valence electrons. The van der Waals surface area contributed by atoms with Crippen molar-refractivity contribution in [3.05, 3.63) is 46.0 Å². The van der Waals surface area contributed by atoms with E-state index in [1.165, 1.54) is 17.0 Å². The molecule has 0 bridgehead atoms. The number of H-pyrrole nitrogens is 1. The summed E-state index contributed by atoms with van der Waals surface area (Å²) in [6.45, 7) is 0. The van der Waals surface area contributed by atoms with Crippen LogP contribution < -0.4 is 5.56 Å². The largest absolute Gasteiger partial charge is 0.342 e. The summed E-state index contributed by atoms with van der Waals surface area (Å²) in [6.07, 6.45) is 0.806. The zero-order chi connectivity index (χ0) is 18.2. The number of fused-ring (bicyclic) bond motifs is 1. The molecule has 1 aliphatic heterocycles. The van der Waals surface area contributed by atoms with Crippen molar-refractivity contribution >= 4 is 26.6 Å². The number of nitrogens with zero attached hydrogens (tertiary/aromatic N) is 1. The summed E-state index contributed by atoms with van der Waals surface area (Å²) in [5, 5.41) is 0.693. The first kappa shape index (κ1) is 17.6. The number of halogens is 1. The quantitative estimate of drug-likeness (QED) is 0.882. The molecule has 1 atom stereocenters. The summed E-state index contributed by atoms with van der Waals surface area (Å²) in [6, 6.07) is 5.49. The second kappa shape index (κ2) is 6.59. The molecule has 2 aromatic rings. The smallest absolute Gasteiger partial charge is 0.251 e. The Hall–Kier alpha value is -2.22. The molecule has 8 heteroatoms. The van der Waals surface area contributed by atoms with Crippen molar-refractivity contribution in [1.29, 1.82) is 0 Å². The van der Waals surface area contributed by atoms with Gasteiger partial charge >= 0.3 is 0 Å². The van der Waals surface area contributed by atoms with Gasteiger partial charge in [-0.3, -0.25) is 9.59 Å². The Balaban J connectivity index is 1.70. The van der Waals surface area contributed by atoms with Crippen LogP contribution in [0.2, 0.25) is 0 Å². The minimum absolute atomic E-state index is 0.00262. The van der Waals surface area contributed by atoms with Crippen molar-refractivity contribution in [2.24, 2.45) is 0 Å². The fourth-order valence-electron chi connectivity index (χ4n) is 3.11. The van der Waals surface area contributed by atoms with Crippen molar-refractivity contribution in [3.8, 4) is 0 Å². The maximum atomic E-state index is 13.2. The van der Waals surface area contributed by atoms with Crippen molar-refractivity contribution in [2.75, 3.05) is 18.6 Å². The number of amides is 1. The van der Waals surface area contributed by atoms with Gasteiger partial charge in [-0.2, -0.15) is 0 Å². The number of hydrogen-bond donors (Lipinski definition) is 1. The first-order chi connectivity index (χ1) is 11.7. The van der Waals surface area contributed by atoms with Crippen molar-refractivity contribution in [2.45, 2.75) is 25.3 Å². The molecule has 0 radical (unpaired) electrons. The summed E-state index contributed by atoms with van der Waals surface area (Å²) in [5.74, 6) is -0.520. The first-order valence-corrected chi connectivity index (χ1v) is 9.85. The molecule has 1 aromatic carbocycles. The van der Waals surface area contributed by atoms with Gasteiger partial charge in [-0.05, 0) is 42.5 Å². The highest BCUT2D eigenvalue weighted by atomic mass is 32.2. The number of pyridine rings is 1. The minimum Gasteiger partial charge on any atom is -0.342 e. The fraction of sp³-hybridized carbons (Fsp3) is 0.412. The Morgan fingerprint density at radius 2 is 2.12 bits per heavy atom. The van der Waals surface area contributed by atoms with E-state index < -0.39 is 15.7 Å². The van der Waals surface area contributed by atoms with Gasteiger partial charge in [0.05, 0.1) is 17.0 Å². The summed E-state index contributed by atoms with van der Waals surface area (Å²) in [5.41, 5.74) is 0.505. The van der Waals surface area contributed by atoms with E-state index in [1.807, 2.05) is 0 Å². The Bertz CT molecular complexity index is 984. The lowest BCUT2D eigenvalue weighted by molar-refractivity contribution is -0.131. The van der Waals surface area contributed by atoms with Crippen LogP contribution >= 0.6 is 0 Å². The van der Waals surface area contributed by atoms with Gasteiger partial charge in [-0.1, -0.05) is 0 Å². The number of carbonyl (C=O) groups excluding carboxylic acids is 1. The molecule has 1 fully saturated rings. The number of nitrogens with one attached hydrogen (secondary N) is 1. The number of aromatic nitrogens is 1. The van der Waals surface area contributed by atoms with Gasteiger partial charge in [0.1, 0.15) is 5.82 Å². The standard InChI is InChI=1S/C17H19FN2O4S/c1-20(14-6-7-25(23,24)10-14)16(21)5-3-12-8-11-2-4-13(18)9-15(11)19-17(12)22/h2,4,8-9,14H,3,5-7,10H2,1H3,(H,19,22). The third kappa shape index (κ3) is 3.89. The summed E-state index contributed by atoms with van der Waals surface area (Å²) in [7, 11) is -1.46. The summed E-state index contributed by atoms with van der Waals surface area (Å²) in [4.78, 5) is 28.5. The van der Waals surface area contributed by atoms with Crippen LogP contribution in [0.1, 0.15) is 18.4 Å². The van der Waals surface area contributed by atoms with Gasteiger partial charge in [-0.25, -0.2) is 12.8 Å². The summed E-state index contributed by atoms with van der Waals surface area (Å²) < 4.78 is 36.3. The van der Waals surface area contributed by atoms with E-state index in [-0.39, 0.29) is 41.9 Å². The number of rotatable bonds is 4. The van der Waals surface area contributed by atoms with E-state index in [1.54, 1.807) is 19.2 Å². The van der Waals surface area contributed by atoms with Gasteiger partial charge in [0.15, 0.2) is 9.84 Å². The molecular weight excluding hydrogens is 347 g/mol. The number of benzene rings is 1. The molecule has 1 N–H and O–H groups in total. The SMILES string of the molecule is CN(C(=O)CCc1cc2ccc(F)cc2[nH]c1=O)C1CCS(=O)(=O)C1. The molecule has 6 nitrogen and oxygen atoms in total. The van der Waals surface area contributed by atoms with Crippen LogP contribution in [0.4, 0.5) is 4.39 Å². The van der Waals surface area contributed by atoms with Crippen LogP contribution in [-0.4, -0.2) is 48.8 Å². The monoisotopic (exact) mass is 366 g/mol. The Kier molecular flexibility index (Phi) is 4.64. The lowest BCUT2D eigenvalue weighted by Gasteiger charge is -2.23. The predicted molar refractivity (Wildman–Crippen MR) is 92.7 cm³/mol. The van der Waals surface area contributed by atoms with Crippen molar-refractivity contribution in [3.63, 3.8) is 0 Å². The lowest BCUT2D eigenvalue weighted by Crippen LogP contribution is -2.38. The van der Waals surface area contributed by atoms with Crippen LogP contribution in [-0.2, 0) is 21.1 Å². The van der Waals surface area contributed by atoms with Crippen LogP contribution in [0.25, 0.3) is 10.9 Å². The average molecular weight is 366 g/mol. The van der Waals surface area contributed by atoms with Crippen LogP contribution in [0.3, 0.4) is 0 Å². The number of aromatic amines is 1. The van der Waals surface area contributed by atoms with E-state index in [4.69, 9.17) is 0 Å². The topological polar surface area (TPSA) is 87.3 Å². The van der Waals surface area contributed by atoms with Gasteiger partial charge in [-0.15, -0.1) is 0 Å². The molecule has 3 rings (SSSR count). The molecule has 1 unspecified atom stereocenters. The number of aryl methyl sites for hydroxylation is 1. The van der Waals surface area contributed by atoms with Crippen LogP contribution in [0, 0.1) is 5.82 Å². The Labute approximate surface area is 144 Å². The molecule has 0 spiro atoms. The second-order valence-corrected chi connectivity index (χ2v) is 8.65. The van der Waals surface area contributed by atoms with Crippen LogP contribution in [0.5, 0.6) is 0 Å². The van der Waals surface area contributed by atoms with Gasteiger partial charge < -0.3 is 9.88 Å². The van der Waals surface area contributed by atoms with Crippen molar-refractivity contribution in [1.82, 2.24) is 9.88 Å². The summed E-state index contributed by atoms with van der Waals surface area (Å²) >= 11 is 0. The second-order valence-electron chi connectivity index (χ2n) is 6.42. The highest BCUT2D eigenvalue weighted by Gasteiger charge is 2.32. The molecule has 1 saturated heterocycles. The third-order valence-electron chi connectivity index (χ3n) is 4.64. The maximum absolute atomic E-state index is 13.2. The fourth-order valence-corrected chi connectivity index (χ4v) is 4.88. The molecule has 0 saturated carbocycles. The normalized spacial score (nSPS) is 19.2. The maximum Gasteiger partial charge on any atom is 0.251 e. The lowest BCUT2D eigenvalue weighted by atomic mass is 10.1. The number of carbonyl (C=O) groups is 1. The van der Waals surface area contributed by atoms with Crippen LogP contribution in [0.15, 0.2) is 29.1 Å². The van der Waals surface area contributed by atoms with Crippen molar-refractivity contribution < 1.29 is 17.6 Å². The van der Waals surface area contributed by atoms with Gasteiger partial charge in [0.2, 0.25) is 5.91 Å². The van der Waals surface area contributed by atoms with E-state index >= 15 is 0 Å². The molecule has 1 aliphatic rings. The number of sulfone groups is 1. The van der Waals surface area contributed by atoms with E-state index in [0.717, 1.165) is 0 Å². The molecule has 2 heterocycles. The zero-order valence-corrected chi connectivity index (χ0v) is 14.6. The molecule has 1 amide bonds. The van der Waals surface area contributed by atoms with E-state index in [0.29, 0.717) is 22.9 Å². The molecule has 0 aliphatic carbocycles. The molecule has 25 heavy (non-hydrogen) atoms. The van der Waals surface area contributed by atoms with E-state index in [9.17, 15) is 22.4 Å². The molecule has 1 aromatic heterocycles. The Morgan fingerprint density at radius 3 is 2.80 bits per heavy atom. The third-order valence-corrected chi connectivity index (χ3v) is 6.39. The minimum atomic E-state index is -3.06. The highest BCUT2D eigenvalue weighted by Crippen LogP contribution is 2.18. The molecular formula is C17H19FN2O4S. The van der Waals surface area contributed by atoms with Gasteiger partial charge in [0.25, 0.3) is 5.56 Å². The Morgan fingerprint density at radius 1 is 1.36 bits per heavy atom.